The summed E-state index contributed by atoms with van der Waals surface area (Å²) in [5.74, 6) is -0.0702. The first-order valence-corrected chi connectivity index (χ1v) is 5.87. The molecule has 0 aliphatic rings. The summed E-state index contributed by atoms with van der Waals surface area (Å²) >= 11 is 4.71. The maximum Gasteiger partial charge on any atom is 0.261 e. The van der Waals surface area contributed by atoms with Gasteiger partial charge in [-0.25, -0.2) is 0 Å². The molecule has 0 fully saturated rings. The van der Waals surface area contributed by atoms with Gasteiger partial charge in [0, 0.05) is 21.9 Å². The number of hydrogen-bond acceptors (Lipinski definition) is 3. The molecule has 0 saturated carbocycles. The number of nitrogens with one attached hydrogen (secondary N) is 1. The SMILES string of the molecule is CC(C)(N)CNC(=O)c1cc(Br)cs1. The summed E-state index contributed by atoms with van der Waals surface area (Å²) < 4.78 is 0.930. The lowest BCUT2D eigenvalue weighted by Crippen LogP contribution is -2.44. The van der Waals surface area contributed by atoms with E-state index in [4.69, 9.17) is 5.73 Å². The van der Waals surface area contributed by atoms with E-state index in [9.17, 15) is 4.79 Å². The van der Waals surface area contributed by atoms with E-state index >= 15 is 0 Å². The van der Waals surface area contributed by atoms with Crippen LogP contribution in [-0.2, 0) is 0 Å². The van der Waals surface area contributed by atoms with Gasteiger partial charge < -0.3 is 11.1 Å². The standard InChI is InChI=1S/C9H13BrN2OS/c1-9(2,11)5-12-8(13)7-3-6(10)4-14-7/h3-4H,5,11H2,1-2H3,(H,12,13). The number of nitrogens with two attached hydrogens (primary N) is 1. The highest BCUT2D eigenvalue weighted by Crippen LogP contribution is 2.19. The average molecular weight is 277 g/mol. The molecule has 1 rings (SSSR count). The molecule has 0 aliphatic heterocycles. The van der Waals surface area contributed by atoms with Crippen molar-refractivity contribution in [1.82, 2.24) is 5.32 Å². The Kier molecular flexibility index (Phi) is 3.69. The number of carbonyl (C=O) groups is 1. The van der Waals surface area contributed by atoms with Gasteiger partial charge in [0.25, 0.3) is 5.91 Å². The van der Waals surface area contributed by atoms with E-state index in [2.05, 4.69) is 21.2 Å². The van der Waals surface area contributed by atoms with E-state index in [0.717, 1.165) is 4.47 Å². The number of rotatable bonds is 3. The smallest absolute Gasteiger partial charge is 0.261 e. The molecule has 1 amide bonds. The fourth-order valence-electron chi connectivity index (χ4n) is 0.827. The first kappa shape index (κ1) is 11.7. The van der Waals surface area contributed by atoms with E-state index in [1.54, 1.807) is 6.07 Å². The molecule has 1 heterocycles. The highest BCUT2D eigenvalue weighted by molar-refractivity contribution is 9.10. The van der Waals surface area contributed by atoms with Crippen LogP contribution in [0.15, 0.2) is 15.9 Å². The number of amides is 1. The molecule has 1 aromatic heterocycles. The van der Waals surface area contributed by atoms with Gasteiger partial charge in [-0.3, -0.25) is 4.79 Å². The number of thiophene rings is 1. The summed E-state index contributed by atoms with van der Waals surface area (Å²) in [7, 11) is 0. The fraction of sp³-hybridized carbons (Fsp3) is 0.444. The predicted octanol–water partition coefficient (Wildman–Crippen LogP) is 1.98. The van der Waals surface area contributed by atoms with E-state index in [1.165, 1.54) is 11.3 Å². The van der Waals surface area contributed by atoms with Gasteiger partial charge in [0.05, 0.1) is 4.88 Å². The summed E-state index contributed by atoms with van der Waals surface area (Å²) in [6, 6.07) is 1.80. The number of halogens is 1. The Morgan fingerprint density at radius 3 is 2.79 bits per heavy atom. The summed E-state index contributed by atoms with van der Waals surface area (Å²) in [5.41, 5.74) is 5.38. The van der Waals surface area contributed by atoms with Crippen LogP contribution in [0.3, 0.4) is 0 Å². The molecule has 14 heavy (non-hydrogen) atoms. The Balaban J connectivity index is 2.52. The van der Waals surface area contributed by atoms with Crippen LogP contribution in [0.5, 0.6) is 0 Å². The Morgan fingerprint density at radius 2 is 2.36 bits per heavy atom. The van der Waals surface area contributed by atoms with Crippen LogP contribution in [0.4, 0.5) is 0 Å². The van der Waals surface area contributed by atoms with Crippen LogP contribution in [-0.4, -0.2) is 18.0 Å². The van der Waals surface area contributed by atoms with Gasteiger partial charge in [0.1, 0.15) is 0 Å². The monoisotopic (exact) mass is 276 g/mol. The minimum absolute atomic E-state index is 0.0702. The molecule has 0 atom stereocenters. The Labute approximate surface area is 95.8 Å². The van der Waals surface area contributed by atoms with Gasteiger partial charge >= 0.3 is 0 Å². The molecule has 0 radical (unpaired) electrons. The lowest BCUT2D eigenvalue weighted by atomic mass is 10.1. The largest absolute Gasteiger partial charge is 0.350 e. The van der Waals surface area contributed by atoms with Gasteiger partial charge in [-0.05, 0) is 35.8 Å². The van der Waals surface area contributed by atoms with E-state index in [0.29, 0.717) is 11.4 Å². The molecule has 0 aliphatic carbocycles. The van der Waals surface area contributed by atoms with E-state index in [1.807, 2.05) is 19.2 Å². The predicted molar refractivity (Wildman–Crippen MR) is 62.6 cm³/mol. The maximum atomic E-state index is 11.5. The molecular formula is C9H13BrN2OS. The second-order valence-corrected chi connectivity index (χ2v) is 5.63. The molecule has 3 nitrogen and oxygen atoms in total. The summed E-state index contributed by atoms with van der Waals surface area (Å²) in [5, 5.41) is 4.66. The molecule has 0 saturated heterocycles. The third-order valence-electron chi connectivity index (χ3n) is 1.50. The van der Waals surface area contributed by atoms with Crippen LogP contribution in [0.25, 0.3) is 0 Å². The molecular weight excluding hydrogens is 264 g/mol. The van der Waals surface area contributed by atoms with Gasteiger partial charge in [0.15, 0.2) is 0 Å². The van der Waals surface area contributed by atoms with Gasteiger partial charge in [-0.15, -0.1) is 11.3 Å². The quantitative estimate of drug-likeness (QED) is 0.887. The lowest BCUT2D eigenvalue weighted by Gasteiger charge is -2.18. The van der Waals surface area contributed by atoms with Crippen LogP contribution in [0, 0.1) is 0 Å². The average Bonchev–Trinajstić information content (AvgIpc) is 2.46. The summed E-state index contributed by atoms with van der Waals surface area (Å²) in [6.07, 6.45) is 0. The van der Waals surface area contributed by atoms with Crippen LogP contribution in [0.2, 0.25) is 0 Å². The molecule has 5 heteroatoms. The topological polar surface area (TPSA) is 55.1 Å². The third kappa shape index (κ3) is 3.77. The highest BCUT2D eigenvalue weighted by Gasteiger charge is 2.14. The van der Waals surface area contributed by atoms with Crippen molar-refractivity contribution in [3.63, 3.8) is 0 Å². The van der Waals surface area contributed by atoms with E-state index < -0.39 is 0 Å². The van der Waals surface area contributed by atoms with Crippen LogP contribution >= 0.6 is 27.3 Å². The minimum atomic E-state index is -0.371. The van der Waals surface area contributed by atoms with Gasteiger partial charge in [-0.2, -0.15) is 0 Å². The van der Waals surface area contributed by atoms with Crippen molar-refractivity contribution in [2.75, 3.05) is 6.54 Å². The van der Waals surface area contributed by atoms with Gasteiger partial charge in [0.2, 0.25) is 0 Å². The molecule has 0 unspecified atom stereocenters. The van der Waals surface area contributed by atoms with Crippen molar-refractivity contribution in [2.24, 2.45) is 5.73 Å². The zero-order chi connectivity index (χ0) is 10.8. The van der Waals surface area contributed by atoms with E-state index in [-0.39, 0.29) is 11.4 Å². The second-order valence-electron chi connectivity index (χ2n) is 3.80. The van der Waals surface area contributed by atoms with Crippen molar-refractivity contribution in [3.05, 3.63) is 20.8 Å². The van der Waals surface area contributed by atoms with Crippen molar-refractivity contribution < 1.29 is 4.79 Å². The highest BCUT2D eigenvalue weighted by atomic mass is 79.9. The maximum absolute atomic E-state index is 11.5. The minimum Gasteiger partial charge on any atom is -0.350 e. The number of hydrogen-bond donors (Lipinski definition) is 2. The van der Waals surface area contributed by atoms with Crippen LogP contribution < -0.4 is 11.1 Å². The summed E-state index contributed by atoms with van der Waals surface area (Å²) in [6.45, 7) is 4.22. The second kappa shape index (κ2) is 4.42. The first-order chi connectivity index (χ1) is 6.38. The van der Waals surface area contributed by atoms with Crippen molar-refractivity contribution in [3.8, 4) is 0 Å². The van der Waals surface area contributed by atoms with Crippen molar-refractivity contribution in [2.45, 2.75) is 19.4 Å². The Bertz CT molecular complexity index is 330. The molecule has 1 aromatic rings. The molecule has 0 spiro atoms. The Morgan fingerprint density at radius 1 is 1.71 bits per heavy atom. The van der Waals surface area contributed by atoms with Crippen LogP contribution in [0.1, 0.15) is 23.5 Å². The zero-order valence-corrected chi connectivity index (χ0v) is 10.5. The fourth-order valence-corrected chi connectivity index (χ4v) is 2.17. The van der Waals surface area contributed by atoms with Crippen molar-refractivity contribution in [1.29, 1.82) is 0 Å². The zero-order valence-electron chi connectivity index (χ0n) is 8.13. The normalized spacial score (nSPS) is 11.4. The van der Waals surface area contributed by atoms with Gasteiger partial charge in [-0.1, -0.05) is 0 Å². The molecule has 78 valence electrons. The molecule has 0 bridgehead atoms. The Hall–Kier alpha value is -0.390. The summed E-state index contributed by atoms with van der Waals surface area (Å²) in [4.78, 5) is 12.2. The third-order valence-corrected chi connectivity index (χ3v) is 3.19. The molecule has 0 aromatic carbocycles. The first-order valence-electron chi connectivity index (χ1n) is 4.19. The lowest BCUT2D eigenvalue weighted by molar-refractivity contribution is 0.0950. The van der Waals surface area contributed by atoms with Crippen molar-refractivity contribution >= 4 is 33.2 Å². The molecule has 3 N–H and O–H groups in total. The number of carbonyl (C=O) groups excluding carboxylic acids is 1.